The molecule has 1 aromatic carbocycles. The van der Waals surface area contributed by atoms with Crippen LogP contribution >= 0.6 is 11.3 Å². The molecule has 1 aromatic heterocycles. The van der Waals surface area contributed by atoms with Crippen LogP contribution in [0.1, 0.15) is 37.2 Å². The van der Waals surface area contributed by atoms with E-state index in [0.717, 1.165) is 18.9 Å². The van der Waals surface area contributed by atoms with Gasteiger partial charge in [-0.1, -0.05) is 11.3 Å². The van der Waals surface area contributed by atoms with E-state index in [-0.39, 0.29) is 17.5 Å². The molecule has 0 saturated heterocycles. The van der Waals surface area contributed by atoms with E-state index in [1.165, 1.54) is 30.4 Å². The summed E-state index contributed by atoms with van der Waals surface area (Å²) in [6.07, 6.45) is 2.35. The van der Waals surface area contributed by atoms with Gasteiger partial charge in [0.25, 0.3) is 0 Å². The van der Waals surface area contributed by atoms with Crippen LogP contribution in [0.4, 0.5) is 8.78 Å². The zero-order valence-electron chi connectivity index (χ0n) is 12.7. The highest BCUT2D eigenvalue weighted by molar-refractivity contribution is 7.14. The van der Waals surface area contributed by atoms with Gasteiger partial charge in [0.2, 0.25) is 5.91 Å². The number of halogens is 2. The number of nitrogens with two attached hydrogens (primary N) is 1. The third-order valence-corrected chi connectivity index (χ3v) is 4.29. The fraction of sp³-hybridized carbons (Fsp3) is 0.400. The van der Waals surface area contributed by atoms with Crippen LogP contribution in [-0.2, 0) is 4.79 Å². The van der Waals surface area contributed by atoms with Crippen LogP contribution < -0.4 is 11.1 Å². The Balaban J connectivity index is 2.21. The van der Waals surface area contributed by atoms with Crippen molar-refractivity contribution in [2.24, 2.45) is 5.73 Å². The molecule has 2 rings (SSSR count). The molecule has 0 bridgehead atoms. The molecule has 1 heterocycles. The normalized spacial score (nSPS) is 12.2. The average molecular weight is 340 g/mol. The van der Waals surface area contributed by atoms with E-state index in [0.29, 0.717) is 23.0 Å². The van der Waals surface area contributed by atoms with E-state index in [4.69, 9.17) is 5.73 Å². The number of nitrogens with one attached hydrogen (secondary N) is 1. The summed E-state index contributed by atoms with van der Waals surface area (Å²) >= 11 is 1.18. The maximum Gasteiger partial charge on any atom is 0.217 e. The third-order valence-electron chi connectivity index (χ3n) is 3.22. The highest BCUT2D eigenvalue weighted by Gasteiger charge is 2.19. The maximum absolute atomic E-state index is 13.8. The lowest BCUT2D eigenvalue weighted by molar-refractivity contribution is -0.119. The third kappa shape index (κ3) is 4.77. The Bertz CT molecular complexity index is 677. The molecule has 1 amide bonds. The number of aromatic nitrogens is 2. The molecule has 0 aliphatic rings. The number of hydrogen-bond donors (Lipinski definition) is 2. The fourth-order valence-corrected chi connectivity index (χ4v) is 3.10. The number of amides is 1. The van der Waals surface area contributed by atoms with E-state index in [1.54, 1.807) is 0 Å². The first-order valence-electron chi connectivity index (χ1n) is 7.27. The van der Waals surface area contributed by atoms with Gasteiger partial charge in [-0.15, -0.1) is 10.2 Å². The van der Waals surface area contributed by atoms with Crippen molar-refractivity contribution < 1.29 is 13.6 Å². The van der Waals surface area contributed by atoms with Gasteiger partial charge >= 0.3 is 0 Å². The quantitative estimate of drug-likeness (QED) is 0.760. The molecule has 0 aliphatic heterocycles. The molecule has 0 aliphatic carbocycles. The van der Waals surface area contributed by atoms with E-state index in [9.17, 15) is 13.6 Å². The summed E-state index contributed by atoms with van der Waals surface area (Å²) < 4.78 is 26.8. The summed E-state index contributed by atoms with van der Waals surface area (Å²) in [7, 11) is 0. The number of benzene rings is 1. The molecule has 1 atom stereocenters. The number of nitrogens with zero attached hydrogens (tertiary/aromatic N) is 2. The van der Waals surface area contributed by atoms with Gasteiger partial charge in [0.15, 0.2) is 5.01 Å². The van der Waals surface area contributed by atoms with Gasteiger partial charge in [-0.3, -0.25) is 4.79 Å². The smallest absolute Gasteiger partial charge is 0.217 e. The molecule has 0 radical (unpaired) electrons. The summed E-state index contributed by atoms with van der Waals surface area (Å²) in [6, 6.07) is 3.03. The molecule has 0 fully saturated rings. The van der Waals surface area contributed by atoms with Gasteiger partial charge in [0, 0.05) is 18.6 Å². The highest BCUT2D eigenvalue weighted by Crippen LogP contribution is 2.30. The number of unbranched alkanes of at least 4 members (excludes halogenated alkanes) is 1. The van der Waals surface area contributed by atoms with Gasteiger partial charge in [0.05, 0.1) is 6.04 Å². The minimum Gasteiger partial charge on any atom is -0.347 e. The Morgan fingerprint density at radius 1 is 1.35 bits per heavy atom. The van der Waals surface area contributed by atoms with Crippen molar-refractivity contribution in [1.82, 2.24) is 15.5 Å². The summed E-state index contributed by atoms with van der Waals surface area (Å²) in [6.45, 7) is 2.01. The Morgan fingerprint density at radius 3 is 2.78 bits per heavy atom. The van der Waals surface area contributed by atoms with Crippen molar-refractivity contribution in [3.8, 4) is 10.6 Å². The van der Waals surface area contributed by atoms with Gasteiger partial charge in [-0.2, -0.15) is 0 Å². The Hall–Kier alpha value is -1.93. The van der Waals surface area contributed by atoms with Gasteiger partial charge < -0.3 is 11.1 Å². The Labute approximate surface area is 136 Å². The van der Waals surface area contributed by atoms with Crippen LogP contribution in [0.5, 0.6) is 0 Å². The number of hydrogen-bond acceptors (Lipinski definition) is 5. The van der Waals surface area contributed by atoms with Crippen LogP contribution in [-0.4, -0.2) is 22.6 Å². The second kappa shape index (κ2) is 8.07. The van der Waals surface area contributed by atoms with E-state index >= 15 is 0 Å². The van der Waals surface area contributed by atoms with Gasteiger partial charge in [0.1, 0.15) is 16.6 Å². The first-order chi connectivity index (χ1) is 11.0. The Morgan fingerprint density at radius 2 is 2.13 bits per heavy atom. The number of carbonyl (C=O) groups is 1. The average Bonchev–Trinajstić information content (AvgIpc) is 2.95. The molecule has 3 N–H and O–H groups in total. The standard InChI is InChI=1S/C15H18F2N4OS/c1-9(22)19-13(4-2-3-7-18)15-21-20-14(23-15)11-6-5-10(16)8-12(11)17/h5-6,8,13H,2-4,7,18H2,1H3,(H,19,22). The Kier molecular flexibility index (Phi) is 6.12. The predicted octanol–water partition coefficient (Wildman–Crippen LogP) is 2.79. The lowest BCUT2D eigenvalue weighted by Crippen LogP contribution is -2.26. The molecular weight excluding hydrogens is 322 g/mol. The van der Waals surface area contributed by atoms with E-state index in [1.807, 2.05) is 0 Å². The number of carbonyl (C=O) groups excluding carboxylic acids is 1. The number of rotatable bonds is 7. The SMILES string of the molecule is CC(=O)NC(CCCCN)c1nnc(-c2ccc(F)cc2F)s1. The summed E-state index contributed by atoms with van der Waals surface area (Å²) in [5.41, 5.74) is 5.67. The van der Waals surface area contributed by atoms with Crippen molar-refractivity contribution in [2.45, 2.75) is 32.2 Å². The second-order valence-corrected chi connectivity index (χ2v) is 6.12. The molecule has 23 heavy (non-hydrogen) atoms. The van der Waals surface area contributed by atoms with E-state index < -0.39 is 11.6 Å². The van der Waals surface area contributed by atoms with Crippen molar-refractivity contribution in [2.75, 3.05) is 6.54 Å². The monoisotopic (exact) mass is 340 g/mol. The van der Waals surface area contributed by atoms with Crippen LogP contribution in [0.15, 0.2) is 18.2 Å². The summed E-state index contributed by atoms with van der Waals surface area (Å²) in [4.78, 5) is 11.3. The van der Waals surface area contributed by atoms with Crippen molar-refractivity contribution in [1.29, 1.82) is 0 Å². The predicted molar refractivity (Wildman–Crippen MR) is 84.7 cm³/mol. The van der Waals surface area contributed by atoms with Crippen molar-refractivity contribution >= 4 is 17.2 Å². The summed E-state index contributed by atoms with van der Waals surface area (Å²) in [5.74, 6) is -1.51. The molecule has 1 unspecified atom stereocenters. The minimum absolute atomic E-state index is 0.174. The second-order valence-electron chi connectivity index (χ2n) is 5.11. The molecule has 5 nitrogen and oxygen atoms in total. The van der Waals surface area contributed by atoms with Crippen molar-refractivity contribution in [3.63, 3.8) is 0 Å². The van der Waals surface area contributed by atoms with Crippen molar-refractivity contribution in [3.05, 3.63) is 34.8 Å². The van der Waals surface area contributed by atoms with Gasteiger partial charge in [-0.25, -0.2) is 8.78 Å². The molecule has 124 valence electrons. The minimum atomic E-state index is -0.688. The molecule has 0 saturated carbocycles. The highest BCUT2D eigenvalue weighted by atomic mass is 32.1. The fourth-order valence-electron chi connectivity index (χ4n) is 2.14. The van der Waals surface area contributed by atoms with E-state index in [2.05, 4.69) is 15.5 Å². The first kappa shape index (κ1) is 17.4. The van der Waals surface area contributed by atoms with Crippen LogP contribution in [0.2, 0.25) is 0 Å². The molecule has 8 heteroatoms. The largest absolute Gasteiger partial charge is 0.347 e. The molecule has 0 spiro atoms. The van der Waals surface area contributed by atoms with Crippen LogP contribution in [0.3, 0.4) is 0 Å². The zero-order chi connectivity index (χ0) is 16.8. The summed E-state index contributed by atoms with van der Waals surface area (Å²) in [5, 5.41) is 11.8. The molecule has 2 aromatic rings. The van der Waals surface area contributed by atoms with Crippen LogP contribution in [0.25, 0.3) is 10.6 Å². The van der Waals surface area contributed by atoms with Crippen LogP contribution in [0, 0.1) is 11.6 Å². The molecular formula is C15H18F2N4OS. The topological polar surface area (TPSA) is 80.9 Å². The lowest BCUT2D eigenvalue weighted by Gasteiger charge is -2.14. The maximum atomic E-state index is 13.8. The first-order valence-corrected chi connectivity index (χ1v) is 8.09. The van der Waals surface area contributed by atoms with Gasteiger partial charge in [-0.05, 0) is 37.9 Å². The lowest BCUT2D eigenvalue weighted by atomic mass is 10.1. The zero-order valence-corrected chi connectivity index (χ0v) is 13.5.